The first-order chi connectivity index (χ1) is 7.29. The van der Waals surface area contributed by atoms with E-state index < -0.39 is 14.8 Å². The van der Waals surface area contributed by atoms with E-state index in [4.69, 9.17) is 0 Å². The fourth-order valence-corrected chi connectivity index (χ4v) is 1.35. The fourth-order valence-electron chi connectivity index (χ4n) is 1.06. The molecule has 0 fully saturated rings. The lowest BCUT2D eigenvalue weighted by molar-refractivity contribution is -0.385. The Labute approximate surface area is 93.2 Å². The van der Waals surface area contributed by atoms with Crippen LogP contribution in [0.15, 0.2) is 18.2 Å². The molecule has 0 unspecified atom stereocenters. The molecule has 1 rings (SSSR count). The van der Waals surface area contributed by atoms with E-state index in [1.165, 1.54) is 12.1 Å². The highest BCUT2D eigenvalue weighted by Crippen LogP contribution is 2.18. The Hall–Kier alpha value is -1.87. The average molecular weight is 239 g/mol. The highest BCUT2D eigenvalue weighted by molar-refractivity contribution is 7.95. The van der Waals surface area contributed by atoms with E-state index >= 15 is 0 Å². The Bertz CT molecular complexity index is 593. The van der Waals surface area contributed by atoms with Crippen molar-refractivity contribution in [2.24, 2.45) is 0 Å². The summed E-state index contributed by atoms with van der Waals surface area (Å²) < 4.78 is 21.7. The van der Waals surface area contributed by atoms with Crippen molar-refractivity contribution in [1.29, 1.82) is 0 Å². The molecule has 0 amide bonds. The van der Waals surface area contributed by atoms with Crippen LogP contribution in [0.25, 0.3) is 0 Å². The third-order valence-corrected chi connectivity index (χ3v) is 2.19. The van der Waals surface area contributed by atoms with Gasteiger partial charge in [0.1, 0.15) is 5.56 Å². The highest BCUT2D eigenvalue weighted by Gasteiger charge is 2.11. The number of nitro benzene ring substituents is 1. The second kappa shape index (κ2) is 4.33. The van der Waals surface area contributed by atoms with E-state index in [0.29, 0.717) is 0 Å². The molecule has 0 N–H and O–H groups in total. The van der Waals surface area contributed by atoms with Crippen LogP contribution >= 0.6 is 0 Å². The summed E-state index contributed by atoms with van der Waals surface area (Å²) in [5.41, 5.74) is 0.695. The van der Waals surface area contributed by atoms with Crippen molar-refractivity contribution in [3.63, 3.8) is 0 Å². The van der Waals surface area contributed by atoms with Crippen LogP contribution in [0.5, 0.6) is 0 Å². The summed E-state index contributed by atoms with van der Waals surface area (Å²) >= 11 is 0. The molecule has 0 spiro atoms. The minimum atomic E-state index is -3.46. The Morgan fingerprint density at radius 1 is 1.38 bits per heavy atom. The lowest BCUT2D eigenvalue weighted by atomic mass is 10.1. The van der Waals surface area contributed by atoms with Crippen molar-refractivity contribution < 1.29 is 13.3 Å². The minimum absolute atomic E-state index is 0.107. The summed E-state index contributed by atoms with van der Waals surface area (Å²) in [5, 5.41) is 12.6. The molecule has 16 heavy (non-hydrogen) atoms. The largest absolute Gasteiger partial charge is 0.284 e. The fraction of sp³-hybridized carbons (Fsp3) is 0.200. The first-order valence-corrected chi connectivity index (χ1v) is 6.16. The van der Waals surface area contributed by atoms with Gasteiger partial charge in [-0.25, -0.2) is 8.42 Å². The Balaban J connectivity index is 3.35. The summed E-state index contributed by atoms with van der Waals surface area (Å²) in [6.45, 7) is 1.75. The molecule has 0 radical (unpaired) electrons. The van der Waals surface area contributed by atoms with Crippen molar-refractivity contribution in [3.05, 3.63) is 39.4 Å². The van der Waals surface area contributed by atoms with E-state index in [1.807, 2.05) is 5.25 Å². The topological polar surface area (TPSA) is 77.3 Å². The van der Waals surface area contributed by atoms with Gasteiger partial charge in [-0.05, 0) is 24.5 Å². The number of hydrogen-bond donors (Lipinski definition) is 0. The lowest BCUT2D eigenvalue weighted by Gasteiger charge is -1.96. The zero-order chi connectivity index (χ0) is 12.3. The molecule has 6 heteroatoms. The van der Waals surface area contributed by atoms with Gasteiger partial charge < -0.3 is 0 Å². The smallest absolute Gasteiger partial charge is 0.258 e. The van der Waals surface area contributed by atoms with Gasteiger partial charge >= 0.3 is 0 Å². The molecule has 0 aromatic heterocycles. The first kappa shape index (κ1) is 12.2. The van der Waals surface area contributed by atoms with E-state index in [1.54, 1.807) is 13.0 Å². The van der Waals surface area contributed by atoms with Gasteiger partial charge in [-0.1, -0.05) is 6.07 Å². The van der Waals surface area contributed by atoms with E-state index in [2.05, 4.69) is 5.92 Å². The van der Waals surface area contributed by atoms with Gasteiger partial charge in [0.05, 0.1) is 11.2 Å². The van der Waals surface area contributed by atoms with E-state index in [-0.39, 0.29) is 11.3 Å². The number of sulfone groups is 1. The molecular weight excluding hydrogens is 230 g/mol. The third-order valence-electron chi connectivity index (χ3n) is 1.72. The second-order valence-electron chi connectivity index (χ2n) is 3.28. The van der Waals surface area contributed by atoms with Gasteiger partial charge in [0.25, 0.3) is 5.69 Å². The number of rotatable bonds is 1. The molecule has 0 aliphatic carbocycles. The number of aryl methyl sites for hydroxylation is 1. The normalized spacial score (nSPS) is 10.4. The van der Waals surface area contributed by atoms with Crippen LogP contribution in [0.4, 0.5) is 5.69 Å². The number of nitrogens with zero attached hydrogens (tertiary/aromatic N) is 1. The van der Waals surface area contributed by atoms with Crippen molar-refractivity contribution in [2.75, 3.05) is 6.26 Å². The van der Waals surface area contributed by atoms with Crippen LogP contribution in [0.2, 0.25) is 0 Å². The molecule has 0 saturated heterocycles. The number of benzene rings is 1. The summed E-state index contributed by atoms with van der Waals surface area (Å²) in [6, 6.07) is 4.36. The molecule has 1 aromatic rings. The summed E-state index contributed by atoms with van der Waals surface area (Å²) in [5.74, 6) is 2.30. The van der Waals surface area contributed by atoms with Crippen molar-refractivity contribution in [1.82, 2.24) is 0 Å². The van der Waals surface area contributed by atoms with Gasteiger partial charge in [-0.2, -0.15) is 0 Å². The van der Waals surface area contributed by atoms with Crippen LogP contribution < -0.4 is 0 Å². The zero-order valence-corrected chi connectivity index (χ0v) is 9.54. The van der Waals surface area contributed by atoms with E-state index in [0.717, 1.165) is 11.8 Å². The average Bonchev–Trinajstić information content (AvgIpc) is 2.13. The Morgan fingerprint density at radius 2 is 2.00 bits per heavy atom. The number of nitro groups is 1. The summed E-state index contributed by atoms with van der Waals surface area (Å²) in [7, 11) is -3.46. The molecule has 5 nitrogen and oxygen atoms in total. The molecule has 0 aliphatic heterocycles. The quantitative estimate of drug-likeness (QED) is 0.420. The van der Waals surface area contributed by atoms with Gasteiger partial charge in [-0.3, -0.25) is 10.1 Å². The lowest BCUT2D eigenvalue weighted by Crippen LogP contribution is -1.94. The Morgan fingerprint density at radius 3 is 2.50 bits per heavy atom. The van der Waals surface area contributed by atoms with Gasteiger partial charge in [0.15, 0.2) is 0 Å². The van der Waals surface area contributed by atoms with Crippen LogP contribution in [-0.4, -0.2) is 19.6 Å². The van der Waals surface area contributed by atoms with Crippen LogP contribution in [-0.2, 0) is 9.84 Å². The maximum atomic E-state index is 10.8. The summed E-state index contributed by atoms with van der Waals surface area (Å²) in [6.07, 6.45) is 0.946. The maximum Gasteiger partial charge on any atom is 0.284 e. The van der Waals surface area contributed by atoms with Crippen molar-refractivity contribution in [2.45, 2.75) is 6.92 Å². The Kier molecular flexibility index (Phi) is 3.30. The summed E-state index contributed by atoms with van der Waals surface area (Å²) in [4.78, 5) is 10.1. The van der Waals surface area contributed by atoms with Gasteiger partial charge in [-0.15, -0.1) is 0 Å². The zero-order valence-electron chi connectivity index (χ0n) is 8.72. The monoisotopic (exact) mass is 239 g/mol. The maximum absolute atomic E-state index is 10.8. The molecule has 0 saturated carbocycles. The van der Waals surface area contributed by atoms with Crippen molar-refractivity contribution >= 4 is 15.5 Å². The standard InChI is InChI=1S/C10H9NO4S/c1-8-3-4-10(11(12)13)9(7-8)5-6-16(2,14)15/h3-4,7H,1-2H3. The van der Waals surface area contributed by atoms with Crippen LogP contribution in [0.1, 0.15) is 11.1 Å². The van der Waals surface area contributed by atoms with Gasteiger partial charge in [0, 0.05) is 11.3 Å². The van der Waals surface area contributed by atoms with Crippen LogP contribution in [0, 0.1) is 28.2 Å². The second-order valence-corrected chi connectivity index (χ2v) is 5.03. The first-order valence-electron chi connectivity index (χ1n) is 4.27. The highest BCUT2D eigenvalue weighted by atomic mass is 32.2. The minimum Gasteiger partial charge on any atom is -0.258 e. The van der Waals surface area contributed by atoms with Crippen molar-refractivity contribution in [3.8, 4) is 11.2 Å². The third kappa shape index (κ3) is 3.37. The molecule has 0 bridgehead atoms. The molecular formula is C10H9NO4S. The van der Waals surface area contributed by atoms with Gasteiger partial charge in [0.2, 0.25) is 9.84 Å². The SMILES string of the molecule is Cc1ccc([N+](=O)[O-])c(C#CS(C)(=O)=O)c1. The van der Waals surface area contributed by atoms with E-state index in [9.17, 15) is 18.5 Å². The molecule has 0 atom stereocenters. The predicted octanol–water partition coefficient (Wildman–Crippen LogP) is 1.26. The predicted molar refractivity (Wildman–Crippen MR) is 59.6 cm³/mol. The molecule has 1 aromatic carbocycles. The molecule has 0 aliphatic rings. The molecule has 0 heterocycles. The van der Waals surface area contributed by atoms with Crippen LogP contribution in [0.3, 0.4) is 0 Å². The number of hydrogen-bond acceptors (Lipinski definition) is 4. The molecule has 84 valence electrons.